The number of hydrogen-bond acceptors (Lipinski definition) is 4. The van der Waals surface area contributed by atoms with Gasteiger partial charge in [0.1, 0.15) is 5.56 Å². The Labute approximate surface area is 136 Å². The third-order valence-corrected chi connectivity index (χ3v) is 4.30. The van der Waals surface area contributed by atoms with E-state index >= 15 is 0 Å². The summed E-state index contributed by atoms with van der Waals surface area (Å²) in [5, 5.41) is 10.3. The van der Waals surface area contributed by atoms with Crippen molar-refractivity contribution in [1.82, 2.24) is 9.55 Å². The van der Waals surface area contributed by atoms with Crippen molar-refractivity contribution in [3.63, 3.8) is 0 Å². The smallest absolute Gasteiger partial charge is 0.264 e. The molecule has 0 saturated heterocycles. The van der Waals surface area contributed by atoms with Gasteiger partial charge in [-0.15, -0.1) is 0 Å². The lowest BCUT2D eigenvalue weighted by Crippen LogP contribution is -3.11. The van der Waals surface area contributed by atoms with E-state index in [1.807, 2.05) is 13.8 Å². The molecule has 22 heavy (non-hydrogen) atoms. The van der Waals surface area contributed by atoms with Crippen LogP contribution >= 0.6 is 12.2 Å². The molecule has 0 aliphatic rings. The molecule has 7 heteroatoms. The number of nitrogens with zero attached hydrogens (tertiary/aromatic N) is 2. The van der Waals surface area contributed by atoms with E-state index in [4.69, 9.17) is 12.2 Å². The molecule has 0 radical (unpaired) electrons. The predicted molar refractivity (Wildman–Crippen MR) is 91.9 cm³/mol. The van der Waals surface area contributed by atoms with Crippen LogP contribution in [0.3, 0.4) is 0 Å². The van der Waals surface area contributed by atoms with E-state index in [1.54, 1.807) is 4.57 Å². The number of aliphatic imine (C=N–C) groups is 1. The van der Waals surface area contributed by atoms with Gasteiger partial charge >= 0.3 is 0 Å². The maximum absolute atomic E-state index is 12.0. The number of aromatic hydroxyl groups is 1. The van der Waals surface area contributed by atoms with Crippen molar-refractivity contribution < 1.29 is 10.0 Å². The largest absolute Gasteiger partial charge is 0.494 e. The van der Waals surface area contributed by atoms with E-state index < -0.39 is 5.56 Å². The molecule has 124 valence electrons. The van der Waals surface area contributed by atoms with Crippen LogP contribution in [-0.2, 0) is 0 Å². The average Bonchev–Trinajstić information content (AvgIpc) is 2.49. The molecule has 0 saturated carbocycles. The first-order valence-electron chi connectivity index (χ1n) is 7.87. The fraction of sp³-hybridized carbons (Fsp3) is 0.667. The Morgan fingerprint density at radius 3 is 2.59 bits per heavy atom. The molecule has 1 rings (SSSR count). The van der Waals surface area contributed by atoms with Gasteiger partial charge < -0.3 is 10.0 Å². The first kappa shape index (κ1) is 18.6. The summed E-state index contributed by atoms with van der Waals surface area (Å²) in [5.74, 6) is -0.109. The predicted octanol–water partition coefficient (Wildman–Crippen LogP) is 0.926. The Morgan fingerprint density at radius 1 is 1.41 bits per heavy atom. The number of rotatable bonds is 8. The summed E-state index contributed by atoms with van der Waals surface area (Å²) in [6.07, 6.45) is 2.25. The average molecular weight is 327 g/mol. The SMILES string of the molecule is CC[C@H](C)n1c(O)c(C=NCC[NH+](CC)CC)c(=O)[nH]c1=S. The molecule has 0 aliphatic heterocycles. The summed E-state index contributed by atoms with van der Waals surface area (Å²) in [6, 6.07) is 0.0108. The number of quaternary nitrogens is 1. The van der Waals surface area contributed by atoms with E-state index in [0.29, 0.717) is 6.54 Å². The van der Waals surface area contributed by atoms with Gasteiger partial charge in [0.25, 0.3) is 5.56 Å². The van der Waals surface area contributed by atoms with Gasteiger partial charge in [-0.1, -0.05) is 6.92 Å². The van der Waals surface area contributed by atoms with Gasteiger partial charge in [0.05, 0.1) is 26.2 Å². The normalized spacial score (nSPS) is 13.1. The highest BCUT2D eigenvalue weighted by Gasteiger charge is 2.14. The molecule has 6 nitrogen and oxygen atoms in total. The lowest BCUT2D eigenvalue weighted by Gasteiger charge is -2.16. The molecule has 1 aromatic rings. The fourth-order valence-corrected chi connectivity index (χ4v) is 2.60. The molecule has 1 atom stereocenters. The second-order valence-electron chi connectivity index (χ2n) is 5.37. The van der Waals surface area contributed by atoms with Gasteiger partial charge in [-0.25, -0.2) is 0 Å². The van der Waals surface area contributed by atoms with Crippen molar-refractivity contribution in [1.29, 1.82) is 0 Å². The summed E-state index contributed by atoms with van der Waals surface area (Å²) in [4.78, 5) is 20.3. The standard InChI is InChI=1S/C15H26N4O2S/c1-5-11(4)19-14(21)12(13(20)17-15(19)22)10-16-8-9-18(6-2)7-3/h10-11,21H,5-9H2,1-4H3,(H,17,20,22)/p+1/t11-/m0/s1. The van der Waals surface area contributed by atoms with Gasteiger partial charge in [0.2, 0.25) is 5.88 Å². The summed E-state index contributed by atoms with van der Waals surface area (Å²) >= 11 is 5.13. The Balaban J connectivity index is 3.00. The molecule has 0 aliphatic carbocycles. The van der Waals surface area contributed by atoms with Crippen LogP contribution in [-0.4, -0.2) is 47.1 Å². The second-order valence-corrected chi connectivity index (χ2v) is 5.75. The van der Waals surface area contributed by atoms with Crippen molar-refractivity contribution in [2.24, 2.45) is 4.99 Å². The van der Waals surface area contributed by atoms with Gasteiger partial charge in [0, 0.05) is 12.3 Å². The van der Waals surface area contributed by atoms with Gasteiger partial charge in [-0.05, 0) is 39.4 Å². The molecule has 0 aromatic carbocycles. The van der Waals surface area contributed by atoms with Crippen LogP contribution < -0.4 is 10.5 Å². The first-order valence-corrected chi connectivity index (χ1v) is 8.28. The van der Waals surface area contributed by atoms with E-state index in [9.17, 15) is 9.90 Å². The molecule has 0 spiro atoms. The van der Waals surface area contributed by atoms with Gasteiger partial charge in [0.15, 0.2) is 4.77 Å². The zero-order chi connectivity index (χ0) is 16.7. The number of nitrogens with one attached hydrogen (secondary N) is 2. The maximum atomic E-state index is 12.0. The summed E-state index contributed by atoms with van der Waals surface area (Å²) in [6.45, 7) is 11.8. The van der Waals surface area contributed by atoms with Crippen molar-refractivity contribution in [3.05, 3.63) is 20.7 Å². The van der Waals surface area contributed by atoms with Crippen molar-refractivity contribution >= 4 is 18.4 Å². The third-order valence-electron chi connectivity index (χ3n) is 4.00. The number of H-pyrrole nitrogens is 1. The van der Waals surface area contributed by atoms with Crippen molar-refractivity contribution in [3.8, 4) is 5.88 Å². The van der Waals surface area contributed by atoms with Crippen LogP contribution in [0.4, 0.5) is 0 Å². The molecule has 1 aromatic heterocycles. The van der Waals surface area contributed by atoms with Crippen LogP contribution in [0.2, 0.25) is 0 Å². The Bertz CT molecular complexity index is 617. The second kappa shape index (κ2) is 8.85. The maximum Gasteiger partial charge on any atom is 0.264 e. The third kappa shape index (κ3) is 4.51. The molecule has 3 N–H and O–H groups in total. The summed E-state index contributed by atoms with van der Waals surface area (Å²) < 4.78 is 1.80. The highest BCUT2D eigenvalue weighted by molar-refractivity contribution is 7.71. The highest BCUT2D eigenvalue weighted by Crippen LogP contribution is 2.19. The lowest BCUT2D eigenvalue weighted by atomic mass is 10.2. The quantitative estimate of drug-likeness (QED) is 0.491. The summed E-state index contributed by atoms with van der Waals surface area (Å²) in [7, 11) is 0. The first-order chi connectivity index (χ1) is 10.5. The molecule has 0 amide bonds. The minimum Gasteiger partial charge on any atom is -0.494 e. The molecule has 1 heterocycles. The zero-order valence-electron chi connectivity index (χ0n) is 13.8. The lowest BCUT2D eigenvalue weighted by molar-refractivity contribution is -0.894. The highest BCUT2D eigenvalue weighted by atomic mass is 32.1. The van der Waals surface area contributed by atoms with E-state index in [2.05, 4.69) is 23.8 Å². The van der Waals surface area contributed by atoms with Crippen LogP contribution in [0, 0.1) is 4.77 Å². The zero-order valence-corrected chi connectivity index (χ0v) is 14.7. The van der Waals surface area contributed by atoms with E-state index in [0.717, 1.165) is 26.1 Å². The molecule has 0 bridgehead atoms. The Morgan fingerprint density at radius 2 is 2.05 bits per heavy atom. The van der Waals surface area contributed by atoms with Gasteiger partial charge in [-0.3, -0.25) is 19.3 Å². The molecular formula is C15H27N4O2S+. The van der Waals surface area contributed by atoms with Crippen LogP contribution in [0.5, 0.6) is 5.88 Å². The number of aromatic nitrogens is 2. The molecular weight excluding hydrogens is 300 g/mol. The number of hydrogen-bond donors (Lipinski definition) is 3. The van der Waals surface area contributed by atoms with Crippen LogP contribution in [0.15, 0.2) is 9.79 Å². The van der Waals surface area contributed by atoms with Gasteiger partial charge in [-0.2, -0.15) is 0 Å². The Hall–Kier alpha value is -1.47. The van der Waals surface area contributed by atoms with Crippen LogP contribution in [0.1, 0.15) is 45.7 Å². The van der Waals surface area contributed by atoms with Crippen LogP contribution in [0.25, 0.3) is 0 Å². The minimum absolute atomic E-state index is 0.0108. The molecule has 0 fully saturated rings. The van der Waals surface area contributed by atoms with Crippen molar-refractivity contribution in [2.75, 3.05) is 26.2 Å². The number of aromatic amines is 1. The topological polar surface area (TPSA) is 74.8 Å². The summed E-state index contributed by atoms with van der Waals surface area (Å²) in [5.41, 5.74) is -0.232. The van der Waals surface area contributed by atoms with Crippen molar-refractivity contribution in [2.45, 2.75) is 40.2 Å². The van der Waals surface area contributed by atoms with E-state index in [1.165, 1.54) is 11.1 Å². The van der Waals surface area contributed by atoms with E-state index in [-0.39, 0.29) is 22.3 Å². The minimum atomic E-state index is -0.402. The monoisotopic (exact) mass is 327 g/mol. The fourth-order valence-electron chi connectivity index (χ4n) is 2.24. The Kier molecular flexibility index (Phi) is 7.47. The molecule has 0 unspecified atom stereocenters. The number of likely N-dealkylation sites (N-methyl/N-ethyl adjacent to an activating group) is 1.